The lowest BCUT2D eigenvalue weighted by Crippen LogP contribution is -2.32. The van der Waals surface area contributed by atoms with Crippen LogP contribution < -0.4 is 0 Å². The van der Waals surface area contributed by atoms with E-state index in [0.717, 1.165) is 19.5 Å². The first-order valence-corrected chi connectivity index (χ1v) is 6.78. The van der Waals surface area contributed by atoms with Gasteiger partial charge in [-0.15, -0.1) is 0 Å². The molecule has 102 valence electrons. The molecule has 0 bridgehead atoms. The summed E-state index contributed by atoms with van der Waals surface area (Å²) in [5, 5.41) is 9.12. The summed E-state index contributed by atoms with van der Waals surface area (Å²) >= 11 is 0. The van der Waals surface area contributed by atoms with Crippen molar-refractivity contribution in [3.8, 4) is 0 Å². The molecule has 1 aliphatic heterocycles. The van der Waals surface area contributed by atoms with Crippen molar-refractivity contribution in [3.05, 3.63) is 0 Å². The number of carboxylic acid groups (broad SMARTS) is 1. The summed E-state index contributed by atoms with van der Waals surface area (Å²) in [6.45, 7) is 9.71. The Morgan fingerprint density at radius 1 is 1.28 bits per heavy atom. The molecule has 1 unspecified atom stereocenters. The van der Waals surface area contributed by atoms with E-state index < -0.39 is 11.9 Å². The molecule has 0 spiro atoms. The van der Waals surface area contributed by atoms with Crippen LogP contribution in [0.15, 0.2) is 0 Å². The Balaban J connectivity index is 2.00. The molecule has 1 saturated heterocycles. The van der Waals surface area contributed by atoms with Crippen LogP contribution in [0, 0.1) is 29.1 Å². The fraction of sp³-hybridized carbons (Fsp3) is 0.857. The number of aliphatic carboxylic acids is 1. The molecule has 2 rings (SSSR count). The van der Waals surface area contributed by atoms with Crippen LogP contribution in [0.1, 0.15) is 34.1 Å². The number of carboxylic acids is 1. The van der Waals surface area contributed by atoms with Crippen LogP contribution in [0.25, 0.3) is 0 Å². The fourth-order valence-corrected chi connectivity index (χ4v) is 3.29. The zero-order valence-corrected chi connectivity index (χ0v) is 11.6. The van der Waals surface area contributed by atoms with E-state index in [-0.39, 0.29) is 17.2 Å². The van der Waals surface area contributed by atoms with E-state index in [0.29, 0.717) is 11.8 Å². The number of amides is 1. The van der Waals surface area contributed by atoms with Crippen molar-refractivity contribution < 1.29 is 14.7 Å². The van der Waals surface area contributed by atoms with E-state index >= 15 is 0 Å². The highest BCUT2D eigenvalue weighted by molar-refractivity contribution is 5.91. The van der Waals surface area contributed by atoms with E-state index in [2.05, 4.69) is 13.8 Å². The Morgan fingerprint density at radius 3 is 2.28 bits per heavy atom. The summed E-state index contributed by atoms with van der Waals surface area (Å²) in [6.07, 6.45) is 1.05. The Labute approximate surface area is 108 Å². The second-order valence-electron chi connectivity index (χ2n) is 6.69. The van der Waals surface area contributed by atoms with E-state index in [1.165, 1.54) is 0 Å². The SMILES string of the molecule is CC(C)C1CCN(C(=O)[C@H]2[C@@H](C(=O)O)C2(C)C)C1. The van der Waals surface area contributed by atoms with Gasteiger partial charge in [-0.2, -0.15) is 0 Å². The molecule has 2 fully saturated rings. The van der Waals surface area contributed by atoms with Crippen LogP contribution >= 0.6 is 0 Å². The van der Waals surface area contributed by atoms with Gasteiger partial charge in [-0.25, -0.2) is 0 Å². The summed E-state index contributed by atoms with van der Waals surface area (Å²) in [7, 11) is 0. The third-order valence-corrected chi connectivity index (χ3v) is 4.84. The summed E-state index contributed by atoms with van der Waals surface area (Å²) < 4.78 is 0. The van der Waals surface area contributed by atoms with Gasteiger partial charge >= 0.3 is 5.97 Å². The normalized spacial score (nSPS) is 33.8. The average Bonchev–Trinajstić information content (AvgIpc) is 2.64. The fourth-order valence-electron chi connectivity index (χ4n) is 3.29. The molecule has 1 N–H and O–H groups in total. The minimum atomic E-state index is -0.835. The van der Waals surface area contributed by atoms with Crippen LogP contribution in [-0.2, 0) is 9.59 Å². The number of nitrogens with zero attached hydrogens (tertiary/aromatic N) is 1. The first-order chi connectivity index (χ1) is 8.26. The molecule has 4 nitrogen and oxygen atoms in total. The van der Waals surface area contributed by atoms with E-state index in [1.54, 1.807) is 0 Å². The zero-order valence-electron chi connectivity index (χ0n) is 11.6. The van der Waals surface area contributed by atoms with Gasteiger partial charge in [0.2, 0.25) is 5.91 Å². The van der Waals surface area contributed by atoms with E-state index in [9.17, 15) is 9.59 Å². The maximum absolute atomic E-state index is 12.4. The number of hydrogen-bond donors (Lipinski definition) is 1. The Morgan fingerprint density at radius 2 is 1.89 bits per heavy atom. The third-order valence-electron chi connectivity index (χ3n) is 4.84. The van der Waals surface area contributed by atoms with Gasteiger partial charge in [0.25, 0.3) is 0 Å². The van der Waals surface area contributed by atoms with Crippen molar-refractivity contribution >= 4 is 11.9 Å². The molecule has 1 heterocycles. The zero-order chi connectivity index (χ0) is 13.7. The van der Waals surface area contributed by atoms with Crippen LogP contribution in [-0.4, -0.2) is 35.0 Å². The summed E-state index contributed by atoms with van der Waals surface area (Å²) in [4.78, 5) is 25.4. The largest absolute Gasteiger partial charge is 0.481 e. The lowest BCUT2D eigenvalue weighted by molar-refractivity contribution is -0.141. The van der Waals surface area contributed by atoms with Crippen LogP contribution in [0.5, 0.6) is 0 Å². The van der Waals surface area contributed by atoms with Gasteiger partial charge in [-0.05, 0) is 23.7 Å². The molecule has 3 atom stereocenters. The third kappa shape index (κ3) is 2.02. The number of likely N-dealkylation sites (tertiary alicyclic amines) is 1. The minimum absolute atomic E-state index is 0.0514. The molecule has 18 heavy (non-hydrogen) atoms. The van der Waals surface area contributed by atoms with Gasteiger partial charge in [0.05, 0.1) is 11.8 Å². The van der Waals surface area contributed by atoms with Crippen molar-refractivity contribution in [2.45, 2.75) is 34.1 Å². The maximum Gasteiger partial charge on any atom is 0.307 e. The first kappa shape index (κ1) is 13.4. The molecule has 1 amide bonds. The molecular formula is C14H23NO3. The number of hydrogen-bond acceptors (Lipinski definition) is 2. The van der Waals surface area contributed by atoms with Crippen molar-refractivity contribution in [1.29, 1.82) is 0 Å². The second-order valence-corrected chi connectivity index (χ2v) is 6.69. The van der Waals surface area contributed by atoms with Gasteiger partial charge < -0.3 is 10.0 Å². The number of rotatable bonds is 3. The van der Waals surface area contributed by atoms with Gasteiger partial charge in [-0.1, -0.05) is 27.7 Å². The molecule has 2 aliphatic rings. The Kier molecular flexibility index (Phi) is 3.16. The molecule has 0 aromatic heterocycles. The predicted molar refractivity (Wildman–Crippen MR) is 67.9 cm³/mol. The topological polar surface area (TPSA) is 57.6 Å². The molecule has 1 saturated carbocycles. The van der Waals surface area contributed by atoms with Crippen LogP contribution in [0.3, 0.4) is 0 Å². The summed E-state index contributed by atoms with van der Waals surface area (Å²) in [6, 6.07) is 0. The van der Waals surface area contributed by atoms with Crippen molar-refractivity contribution in [1.82, 2.24) is 4.90 Å². The maximum atomic E-state index is 12.4. The monoisotopic (exact) mass is 253 g/mol. The molecule has 0 aromatic rings. The standard InChI is InChI=1S/C14H23NO3/c1-8(2)9-5-6-15(7-9)12(16)10-11(13(17)18)14(10,3)4/h8-11H,5-7H2,1-4H3,(H,17,18)/t9?,10-,11+/m1/s1. The highest BCUT2D eigenvalue weighted by atomic mass is 16.4. The average molecular weight is 253 g/mol. The second kappa shape index (κ2) is 4.25. The Hall–Kier alpha value is -1.06. The molecule has 0 aromatic carbocycles. The number of carbonyl (C=O) groups is 2. The first-order valence-electron chi connectivity index (χ1n) is 6.78. The summed E-state index contributed by atoms with van der Waals surface area (Å²) in [5.74, 6) is -0.443. The molecule has 0 radical (unpaired) electrons. The molecule has 4 heteroatoms. The van der Waals surface area contributed by atoms with Gasteiger partial charge in [0.15, 0.2) is 0 Å². The van der Waals surface area contributed by atoms with Crippen molar-refractivity contribution in [3.63, 3.8) is 0 Å². The van der Waals surface area contributed by atoms with Gasteiger partial charge in [0, 0.05) is 13.1 Å². The smallest absolute Gasteiger partial charge is 0.307 e. The predicted octanol–water partition coefficient (Wildman–Crippen LogP) is 1.85. The highest BCUT2D eigenvalue weighted by Gasteiger charge is 2.66. The van der Waals surface area contributed by atoms with Gasteiger partial charge in [0.1, 0.15) is 0 Å². The molecular weight excluding hydrogens is 230 g/mol. The minimum Gasteiger partial charge on any atom is -0.481 e. The molecule has 1 aliphatic carbocycles. The number of carbonyl (C=O) groups excluding carboxylic acids is 1. The highest BCUT2D eigenvalue weighted by Crippen LogP contribution is 2.59. The van der Waals surface area contributed by atoms with Crippen molar-refractivity contribution in [2.24, 2.45) is 29.1 Å². The van der Waals surface area contributed by atoms with Gasteiger partial charge in [-0.3, -0.25) is 9.59 Å². The summed E-state index contributed by atoms with van der Waals surface area (Å²) in [5.41, 5.74) is -0.376. The Bertz CT molecular complexity index is 375. The van der Waals surface area contributed by atoms with E-state index in [4.69, 9.17) is 5.11 Å². The lowest BCUT2D eigenvalue weighted by atomic mass is 9.95. The van der Waals surface area contributed by atoms with Crippen LogP contribution in [0.4, 0.5) is 0 Å². The van der Waals surface area contributed by atoms with Crippen LogP contribution in [0.2, 0.25) is 0 Å². The lowest BCUT2D eigenvalue weighted by Gasteiger charge is -2.18. The van der Waals surface area contributed by atoms with Crippen molar-refractivity contribution in [2.75, 3.05) is 13.1 Å². The quantitative estimate of drug-likeness (QED) is 0.835. The van der Waals surface area contributed by atoms with E-state index in [1.807, 2.05) is 18.7 Å².